The fraction of sp³-hybridized carbons (Fsp3) is 0.636. The van der Waals surface area contributed by atoms with Crippen LogP contribution < -0.4 is 0 Å². The number of rotatable bonds is 1. The Labute approximate surface area is 83.4 Å². The van der Waals surface area contributed by atoms with Crippen LogP contribution in [0.4, 0.5) is 0 Å². The van der Waals surface area contributed by atoms with Gasteiger partial charge in [0.25, 0.3) is 0 Å². The number of hydrogen-bond acceptors (Lipinski definition) is 2. The Morgan fingerprint density at radius 3 is 3.08 bits per heavy atom. The normalized spacial score (nSPS) is 34.8. The molecule has 1 aliphatic carbocycles. The zero-order valence-corrected chi connectivity index (χ0v) is 8.81. The van der Waals surface area contributed by atoms with Crippen LogP contribution in [0.3, 0.4) is 0 Å². The molecule has 0 aromatic carbocycles. The minimum Gasteiger partial charge on any atom is -0.384 e. The fourth-order valence-electron chi connectivity index (χ4n) is 2.29. The highest BCUT2D eigenvalue weighted by Gasteiger charge is 2.34. The second-order valence-electron chi connectivity index (χ2n) is 4.21. The summed E-state index contributed by atoms with van der Waals surface area (Å²) in [6.45, 7) is 2.23. The summed E-state index contributed by atoms with van der Waals surface area (Å²) in [5.41, 5.74) is -0.508. The first-order chi connectivity index (χ1) is 6.21. The van der Waals surface area contributed by atoms with Crippen LogP contribution in [-0.2, 0) is 5.60 Å². The second kappa shape index (κ2) is 3.43. The smallest absolute Gasteiger partial charge is 0.0990 e. The first kappa shape index (κ1) is 9.22. The minimum atomic E-state index is -0.508. The van der Waals surface area contributed by atoms with Crippen molar-refractivity contribution in [3.05, 3.63) is 22.4 Å². The molecule has 0 amide bonds. The van der Waals surface area contributed by atoms with Crippen LogP contribution in [0.1, 0.15) is 37.5 Å². The molecule has 2 rings (SSSR count). The third kappa shape index (κ3) is 1.79. The summed E-state index contributed by atoms with van der Waals surface area (Å²) < 4.78 is 0. The Kier molecular flexibility index (Phi) is 2.43. The van der Waals surface area contributed by atoms with E-state index in [-0.39, 0.29) is 0 Å². The average molecular weight is 196 g/mol. The first-order valence-corrected chi connectivity index (χ1v) is 5.85. The lowest BCUT2D eigenvalue weighted by atomic mass is 9.78. The summed E-state index contributed by atoms with van der Waals surface area (Å²) in [6.07, 6.45) is 4.31. The molecule has 2 atom stereocenters. The van der Waals surface area contributed by atoms with E-state index in [0.717, 1.165) is 24.1 Å². The van der Waals surface area contributed by atoms with E-state index in [1.54, 1.807) is 11.3 Å². The molecule has 0 aliphatic heterocycles. The molecule has 1 aromatic heterocycles. The van der Waals surface area contributed by atoms with Crippen LogP contribution in [0.15, 0.2) is 17.5 Å². The largest absolute Gasteiger partial charge is 0.384 e. The summed E-state index contributed by atoms with van der Waals surface area (Å²) >= 11 is 1.68. The number of hydrogen-bond donors (Lipinski definition) is 1. The Balaban J connectivity index is 2.20. The molecule has 1 fully saturated rings. The van der Waals surface area contributed by atoms with Gasteiger partial charge in [0, 0.05) is 4.88 Å². The summed E-state index contributed by atoms with van der Waals surface area (Å²) in [6, 6.07) is 4.08. The van der Waals surface area contributed by atoms with Gasteiger partial charge in [-0.1, -0.05) is 19.4 Å². The van der Waals surface area contributed by atoms with Gasteiger partial charge in [-0.3, -0.25) is 0 Å². The number of aliphatic hydroxyl groups is 1. The quantitative estimate of drug-likeness (QED) is 0.731. The topological polar surface area (TPSA) is 20.2 Å². The van der Waals surface area contributed by atoms with E-state index in [2.05, 4.69) is 13.0 Å². The molecular weight excluding hydrogens is 180 g/mol. The van der Waals surface area contributed by atoms with Gasteiger partial charge in [0.05, 0.1) is 5.60 Å². The van der Waals surface area contributed by atoms with E-state index < -0.39 is 5.60 Å². The monoisotopic (exact) mass is 196 g/mol. The van der Waals surface area contributed by atoms with Crippen molar-refractivity contribution < 1.29 is 5.11 Å². The maximum atomic E-state index is 10.4. The molecule has 1 saturated carbocycles. The lowest BCUT2D eigenvalue weighted by Crippen LogP contribution is -2.30. The molecule has 1 aromatic rings. The van der Waals surface area contributed by atoms with Crippen molar-refractivity contribution in [1.82, 2.24) is 0 Å². The Morgan fingerprint density at radius 1 is 1.62 bits per heavy atom. The molecule has 1 N–H and O–H groups in total. The van der Waals surface area contributed by atoms with E-state index in [1.165, 1.54) is 6.42 Å². The van der Waals surface area contributed by atoms with Gasteiger partial charge in [-0.15, -0.1) is 11.3 Å². The van der Waals surface area contributed by atoms with Crippen LogP contribution >= 0.6 is 11.3 Å². The average Bonchev–Trinajstić information content (AvgIpc) is 2.55. The standard InChI is InChI=1S/C11H16OS/c1-9-4-2-6-11(12,8-9)10-5-3-7-13-10/h3,5,7,9,12H,2,4,6,8H2,1H3. The van der Waals surface area contributed by atoms with Crippen molar-refractivity contribution in [2.24, 2.45) is 5.92 Å². The molecule has 1 nitrogen and oxygen atoms in total. The molecule has 0 bridgehead atoms. The van der Waals surface area contributed by atoms with Gasteiger partial charge in [0.15, 0.2) is 0 Å². The third-order valence-corrected chi connectivity index (χ3v) is 4.02. The fourth-order valence-corrected chi connectivity index (χ4v) is 3.16. The first-order valence-electron chi connectivity index (χ1n) is 4.97. The highest BCUT2D eigenvalue weighted by Crippen LogP contribution is 2.41. The van der Waals surface area contributed by atoms with Crippen molar-refractivity contribution in [1.29, 1.82) is 0 Å². The van der Waals surface area contributed by atoms with Gasteiger partial charge in [0.2, 0.25) is 0 Å². The maximum Gasteiger partial charge on any atom is 0.0990 e. The predicted octanol–water partition coefficient (Wildman–Crippen LogP) is 3.15. The molecule has 0 spiro atoms. The van der Waals surface area contributed by atoms with E-state index in [0.29, 0.717) is 5.92 Å². The molecule has 13 heavy (non-hydrogen) atoms. The van der Waals surface area contributed by atoms with Crippen LogP contribution in [0.5, 0.6) is 0 Å². The van der Waals surface area contributed by atoms with E-state index in [1.807, 2.05) is 11.4 Å². The molecule has 0 radical (unpaired) electrons. The van der Waals surface area contributed by atoms with Crippen LogP contribution in [0.2, 0.25) is 0 Å². The van der Waals surface area contributed by atoms with Crippen molar-refractivity contribution in [2.75, 3.05) is 0 Å². The van der Waals surface area contributed by atoms with E-state index in [4.69, 9.17) is 0 Å². The lowest BCUT2D eigenvalue weighted by molar-refractivity contribution is -0.0146. The van der Waals surface area contributed by atoms with Crippen LogP contribution in [0, 0.1) is 5.92 Å². The van der Waals surface area contributed by atoms with Crippen LogP contribution in [-0.4, -0.2) is 5.11 Å². The van der Waals surface area contributed by atoms with Crippen molar-refractivity contribution in [3.8, 4) is 0 Å². The molecule has 2 unspecified atom stereocenters. The summed E-state index contributed by atoms with van der Waals surface area (Å²) in [5, 5.41) is 12.5. The zero-order chi connectivity index (χ0) is 9.31. The van der Waals surface area contributed by atoms with Crippen molar-refractivity contribution in [3.63, 3.8) is 0 Å². The van der Waals surface area contributed by atoms with Crippen molar-refractivity contribution in [2.45, 2.75) is 38.2 Å². The van der Waals surface area contributed by atoms with Gasteiger partial charge >= 0.3 is 0 Å². The second-order valence-corrected chi connectivity index (χ2v) is 5.16. The molecule has 72 valence electrons. The van der Waals surface area contributed by atoms with Gasteiger partial charge in [-0.05, 0) is 36.6 Å². The zero-order valence-electron chi connectivity index (χ0n) is 7.99. The third-order valence-electron chi connectivity index (χ3n) is 2.95. The van der Waals surface area contributed by atoms with E-state index in [9.17, 15) is 5.11 Å². The Morgan fingerprint density at radius 2 is 2.46 bits per heavy atom. The summed E-state index contributed by atoms with van der Waals surface area (Å²) in [7, 11) is 0. The Hall–Kier alpha value is -0.340. The SMILES string of the molecule is CC1CCCC(O)(c2cccs2)C1. The number of thiophene rings is 1. The summed E-state index contributed by atoms with van der Waals surface area (Å²) in [4.78, 5) is 1.15. The molecule has 1 heterocycles. The summed E-state index contributed by atoms with van der Waals surface area (Å²) in [5.74, 6) is 0.667. The van der Waals surface area contributed by atoms with Gasteiger partial charge in [-0.2, -0.15) is 0 Å². The Bertz CT molecular complexity index is 268. The van der Waals surface area contributed by atoms with E-state index >= 15 is 0 Å². The molecular formula is C11H16OS. The highest BCUT2D eigenvalue weighted by atomic mass is 32.1. The molecule has 0 saturated heterocycles. The molecule has 2 heteroatoms. The minimum absolute atomic E-state index is 0.508. The lowest BCUT2D eigenvalue weighted by Gasteiger charge is -2.34. The predicted molar refractivity (Wildman–Crippen MR) is 55.8 cm³/mol. The van der Waals surface area contributed by atoms with Crippen molar-refractivity contribution >= 4 is 11.3 Å². The van der Waals surface area contributed by atoms with Gasteiger partial charge in [0.1, 0.15) is 0 Å². The molecule has 1 aliphatic rings. The van der Waals surface area contributed by atoms with Gasteiger partial charge < -0.3 is 5.11 Å². The van der Waals surface area contributed by atoms with Gasteiger partial charge in [-0.25, -0.2) is 0 Å². The highest BCUT2D eigenvalue weighted by molar-refractivity contribution is 7.10. The van der Waals surface area contributed by atoms with Crippen LogP contribution in [0.25, 0.3) is 0 Å². The maximum absolute atomic E-state index is 10.4.